The van der Waals surface area contributed by atoms with Gasteiger partial charge in [-0.15, -0.1) is 0 Å². The Balaban J connectivity index is 2.03. The highest BCUT2D eigenvalue weighted by molar-refractivity contribution is 5.81. The Kier molecular flexibility index (Phi) is 4.78. The zero-order valence-corrected chi connectivity index (χ0v) is 8.14. The average molecular weight is 186 g/mol. The third kappa shape index (κ3) is 3.74. The van der Waals surface area contributed by atoms with Crippen LogP contribution in [0.1, 0.15) is 19.8 Å². The lowest BCUT2D eigenvalue weighted by Crippen LogP contribution is -2.41. The first kappa shape index (κ1) is 10.5. The number of amides is 1. The molecule has 0 aliphatic carbocycles. The minimum atomic E-state index is 0.0293. The monoisotopic (exact) mass is 186 g/mol. The van der Waals surface area contributed by atoms with E-state index in [1.54, 1.807) is 0 Å². The number of hydrogen-bond donors (Lipinski definition) is 2. The Morgan fingerprint density at radius 2 is 2.54 bits per heavy atom. The molecule has 1 atom stereocenters. The largest absolute Gasteiger partial charge is 0.380 e. The molecular weight excluding hydrogens is 168 g/mol. The molecule has 1 amide bonds. The van der Waals surface area contributed by atoms with Crippen LogP contribution < -0.4 is 10.6 Å². The number of rotatable bonds is 5. The normalized spacial score (nSPS) is 21.8. The van der Waals surface area contributed by atoms with Crippen molar-refractivity contribution in [3.63, 3.8) is 0 Å². The van der Waals surface area contributed by atoms with Crippen LogP contribution in [0.25, 0.3) is 0 Å². The van der Waals surface area contributed by atoms with E-state index < -0.39 is 0 Å². The van der Waals surface area contributed by atoms with E-state index >= 15 is 0 Å². The molecule has 1 heterocycles. The molecule has 0 aromatic rings. The van der Waals surface area contributed by atoms with Crippen LogP contribution >= 0.6 is 0 Å². The van der Waals surface area contributed by atoms with Gasteiger partial charge in [0, 0.05) is 13.2 Å². The van der Waals surface area contributed by atoms with E-state index in [0.717, 1.165) is 19.4 Å². The molecule has 0 spiro atoms. The first-order valence-corrected chi connectivity index (χ1v) is 4.93. The third-order valence-corrected chi connectivity index (χ3v) is 2.13. The second kappa shape index (κ2) is 5.94. The van der Waals surface area contributed by atoms with Crippen molar-refractivity contribution in [2.75, 3.05) is 26.3 Å². The van der Waals surface area contributed by atoms with Crippen LogP contribution in [0.4, 0.5) is 0 Å². The van der Waals surface area contributed by atoms with Crippen molar-refractivity contribution in [2.45, 2.75) is 25.8 Å². The second-order valence-corrected chi connectivity index (χ2v) is 3.14. The highest BCUT2D eigenvalue weighted by Crippen LogP contribution is 2.03. The van der Waals surface area contributed by atoms with Gasteiger partial charge in [-0.2, -0.15) is 0 Å². The lowest BCUT2D eigenvalue weighted by atomic mass is 10.2. The SMILES string of the molecule is CCOCCNC(=O)[C@@H]1CCCN1. The zero-order chi connectivity index (χ0) is 9.52. The molecule has 1 aliphatic heterocycles. The van der Waals surface area contributed by atoms with Crippen molar-refractivity contribution in [3.05, 3.63) is 0 Å². The maximum absolute atomic E-state index is 11.4. The smallest absolute Gasteiger partial charge is 0.237 e. The van der Waals surface area contributed by atoms with Crippen molar-refractivity contribution in [1.82, 2.24) is 10.6 Å². The lowest BCUT2D eigenvalue weighted by Gasteiger charge is -2.10. The molecule has 0 saturated carbocycles. The third-order valence-electron chi connectivity index (χ3n) is 2.13. The first-order chi connectivity index (χ1) is 6.34. The van der Waals surface area contributed by atoms with Gasteiger partial charge < -0.3 is 15.4 Å². The zero-order valence-electron chi connectivity index (χ0n) is 8.14. The van der Waals surface area contributed by atoms with Crippen molar-refractivity contribution in [2.24, 2.45) is 0 Å². The minimum Gasteiger partial charge on any atom is -0.380 e. The molecule has 1 aliphatic rings. The number of carbonyl (C=O) groups excluding carboxylic acids is 1. The molecule has 76 valence electrons. The molecule has 0 aromatic heterocycles. The predicted octanol–water partition coefficient (Wildman–Crippen LogP) is -0.109. The maximum atomic E-state index is 11.4. The van der Waals surface area contributed by atoms with Gasteiger partial charge in [0.05, 0.1) is 12.6 Å². The van der Waals surface area contributed by atoms with Crippen LogP contribution in [0.5, 0.6) is 0 Å². The fourth-order valence-electron chi connectivity index (χ4n) is 1.42. The molecule has 13 heavy (non-hydrogen) atoms. The molecule has 2 N–H and O–H groups in total. The van der Waals surface area contributed by atoms with Crippen LogP contribution in [-0.4, -0.2) is 38.3 Å². The van der Waals surface area contributed by atoms with Crippen LogP contribution in [0.15, 0.2) is 0 Å². The predicted molar refractivity (Wildman–Crippen MR) is 50.5 cm³/mol. The Labute approximate surface area is 79.0 Å². The van der Waals surface area contributed by atoms with Crippen LogP contribution in [-0.2, 0) is 9.53 Å². The van der Waals surface area contributed by atoms with Gasteiger partial charge in [-0.05, 0) is 26.3 Å². The van der Waals surface area contributed by atoms with E-state index in [1.165, 1.54) is 0 Å². The van der Waals surface area contributed by atoms with Crippen LogP contribution in [0.2, 0.25) is 0 Å². The van der Waals surface area contributed by atoms with Gasteiger partial charge in [0.25, 0.3) is 0 Å². The first-order valence-electron chi connectivity index (χ1n) is 4.93. The Morgan fingerprint density at radius 3 is 3.15 bits per heavy atom. The summed E-state index contributed by atoms with van der Waals surface area (Å²) < 4.78 is 5.11. The summed E-state index contributed by atoms with van der Waals surface area (Å²) >= 11 is 0. The highest BCUT2D eigenvalue weighted by atomic mass is 16.5. The van der Waals surface area contributed by atoms with E-state index in [1.807, 2.05) is 6.92 Å². The van der Waals surface area contributed by atoms with E-state index in [4.69, 9.17) is 4.74 Å². The number of hydrogen-bond acceptors (Lipinski definition) is 3. The molecule has 0 bridgehead atoms. The summed E-state index contributed by atoms with van der Waals surface area (Å²) in [6, 6.07) is 0.0293. The molecule has 0 unspecified atom stereocenters. The van der Waals surface area contributed by atoms with Gasteiger partial charge in [-0.25, -0.2) is 0 Å². The molecular formula is C9H18N2O2. The average Bonchev–Trinajstić information content (AvgIpc) is 2.65. The molecule has 0 radical (unpaired) electrons. The van der Waals surface area contributed by atoms with Gasteiger partial charge in [-0.3, -0.25) is 4.79 Å². The molecule has 0 aromatic carbocycles. The number of ether oxygens (including phenoxy) is 1. The van der Waals surface area contributed by atoms with Gasteiger partial charge in [-0.1, -0.05) is 0 Å². The summed E-state index contributed by atoms with van der Waals surface area (Å²) in [5.74, 6) is 0.109. The summed E-state index contributed by atoms with van der Waals surface area (Å²) in [4.78, 5) is 11.4. The maximum Gasteiger partial charge on any atom is 0.237 e. The number of nitrogens with one attached hydrogen (secondary N) is 2. The van der Waals surface area contributed by atoms with E-state index in [2.05, 4.69) is 10.6 Å². The van der Waals surface area contributed by atoms with Crippen molar-refractivity contribution in [3.8, 4) is 0 Å². The quantitative estimate of drug-likeness (QED) is 0.589. The highest BCUT2D eigenvalue weighted by Gasteiger charge is 2.20. The van der Waals surface area contributed by atoms with Gasteiger partial charge in [0.15, 0.2) is 0 Å². The summed E-state index contributed by atoms with van der Waals surface area (Å²) in [7, 11) is 0. The minimum absolute atomic E-state index is 0.0293. The molecule has 1 rings (SSSR count). The Hall–Kier alpha value is -0.610. The molecule has 4 nitrogen and oxygen atoms in total. The summed E-state index contributed by atoms with van der Waals surface area (Å²) in [5, 5.41) is 5.98. The van der Waals surface area contributed by atoms with E-state index in [-0.39, 0.29) is 11.9 Å². The fourth-order valence-corrected chi connectivity index (χ4v) is 1.42. The van der Waals surface area contributed by atoms with Crippen molar-refractivity contribution < 1.29 is 9.53 Å². The standard InChI is InChI=1S/C9H18N2O2/c1-2-13-7-6-11-9(12)8-4-3-5-10-8/h8,10H,2-7H2,1H3,(H,11,12)/t8-/m0/s1. The second-order valence-electron chi connectivity index (χ2n) is 3.14. The lowest BCUT2D eigenvalue weighted by molar-refractivity contribution is -0.123. The van der Waals surface area contributed by atoms with Gasteiger partial charge in [0.1, 0.15) is 0 Å². The van der Waals surface area contributed by atoms with Gasteiger partial charge >= 0.3 is 0 Å². The Bertz CT molecular complexity index is 156. The van der Waals surface area contributed by atoms with E-state index in [9.17, 15) is 4.79 Å². The van der Waals surface area contributed by atoms with Crippen molar-refractivity contribution in [1.29, 1.82) is 0 Å². The van der Waals surface area contributed by atoms with E-state index in [0.29, 0.717) is 19.8 Å². The summed E-state index contributed by atoms with van der Waals surface area (Å²) in [6.07, 6.45) is 2.06. The molecule has 1 fully saturated rings. The van der Waals surface area contributed by atoms with Crippen LogP contribution in [0, 0.1) is 0 Å². The molecule has 1 saturated heterocycles. The molecule has 4 heteroatoms. The summed E-state index contributed by atoms with van der Waals surface area (Å²) in [5.41, 5.74) is 0. The fraction of sp³-hybridized carbons (Fsp3) is 0.889. The summed E-state index contributed by atoms with van der Waals surface area (Å²) in [6.45, 7) is 4.83. The van der Waals surface area contributed by atoms with Crippen LogP contribution in [0.3, 0.4) is 0 Å². The Morgan fingerprint density at radius 1 is 1.69 bits per heavy atom. The number of carbonyl (C=O) groups is 1. The van der Waals surface area contributed by atoms with Gasteiger partial charge in [0.2, 0.25) is 5.91 Å². The van der Waals surface area contributed by atoms with Crippen molar-refractivity contribution >= 4 is 5.91 Å². The topological polar surface area (TPSA) is 50.4 Å².